The molecule has 0 saturated heterocycles. The van der Waals surface area contributed by atoms with E-state index in [2.05, 4.69) is 25.9 Å². The highest BCUT2D eigenvalue weighted by Crippen LogP contribution is 2.18. The van der Waals surface area contributed by atoms with Crippen LogP contribution in [-0.2, 0) is 0 Å². The van der Waals surface area contributed by atoms with Gasteiger partial charge in [-0.25, -0.2) is 4.98 Å². The Labute approximate surface area is 122 Å². The van der Waals surface area contributed by atoms with Crippen molar-refractivity contribution >= 4 is 33.5 Å². The summed E-state index contributed by atoms with van der Waals surface area (Å²) in [7, 11) is 0. The Hall–Kier alpha value is -1.47. The number of ether oxygens (including phenoxy) is 1. The second-order valence-corrected chi connectivity index (χ2v) is 5.63. The Bertz CT molecular complexity index is 618. The van der Waals surface area contributed by atoms with E-state index in [9.17, 15) is 4.79 Å². The van der Waals surface area contributed by atoms with E-state index < -0.39 is 0 Å². The zero-order chi connectivity index (χ0) is 13.7. The molecule has 1 heterocycles. The van der Waals surface area contributed by atoms with Crippen molar-refractivity contribution in [2.45, 2.75) is 5.16 Å². The van der Waals surface area contributed by atoms with Crippen molar-refractivity contribution in [2.24, 2.45) is 0 Å². The molecule has 0 aliphatic heterocycles. The van der Waals surface area contributed by atoms with Crippen molar-refractivity contribution in [2.75, 3.05) is 18.1 Å². The number of hydrogen-bond acceptors (Lipinski definition) is 5. The van der Waals surface area contributed by atoms with Gasteiger partial charge in [0.1, 0.15) is 11.6 Å². The highest BCUT2D eigenvalue weighted by Gasteiger charge is 2.00. The van der Waals surface area contributed by atoms with E-state index in [4.69, 9.17) is 10.5 Å². The predicted octanol–water partition coefficient (Wildman–Crippen LogP) is 2.29. The monoisotopic (exact) mass is 341 g/mol. The summed E-state index contributed by atoms with van der Waals surface area (Å²) in [4.78, 5) is 17.8. The Balaban J connectivity index is 1.82. The SMILES string of the molecule is Nc1cc(=O)[nH]c(SCCOc2cccc(Br)c2)n1. The molecule has 0 unspecified atom stereocenters. The van der Waals surface area contributed by atoms with Crippen LogP contribution < -0.4 is 16.0 Å². The van der Waals surface area contributed by atoms with Crippen molar-refractivity contribution in [3.8, 4) is 5.75 Å². The van der Waals surface area contributed by atoms with Gasteiger partial charge < -0.3 is 15.5 Å². The molecule has 0 spiro atoms. The van der Waals surface area contributed by atoms with Crippen molar-refractivity contribution in [1.82, 2.24) is 9.97 Å². The topological polar surface area (TPSA) is 81.0 Å². The summed E-state index contributed by atoms with van der Waals surface area (Å²) in [5.41, 5.74) is 5.24. The molecule has 1 aromatic carbocycles. The average molecular weight is 342 g/mol. The number of nitrogen functional groups attached to an aromatic ring is 1. The minimum atomic E-state index is -0.247. The predicted molar refractivity (Wildman–Crippen MR) is 79.6 cm³/mol. The van der Waals surface area contributed by atoms with E-state index in [1.807, 2.05) is 24.3 Å². The Morgan fingerprint density at radius 1 is 1.42 bits per heavy atom. The molecule has 100 valence electrons. The summed E-state index contributed by atoms with van der Waals surface area (Å²) in [5, 5.41) is 0.503. The van der Waals surface area contributed by atoms with E-state index >= 15 is 0 Å². The molecule has 2 rings (SSSR count). The Morgan fingerprint density at radius 3 is 3.00 bits per heavy atom. The normalized spacial score (nSPS) is 10.4. The number of anilines is 1. The van der Waals surface area contributed by atoms with Crippen LogP contribution in [-0.4, -0.2) is 22.3 Å². The molecule has 19 heavy (non-hydrogen) atoms. The van der Waals surface area contributed by atoms with Gasteiger partial charge in [0, 0.05) is 16.3 Å². The van der Waals surface area contributed by atoms with Gasteiger partial charge in [-0.2, -0.15) is 0 Å². The Kier molecular flexibility index (Phi) is 4.86. The first-order valence-electron chi connectivity index (χ1n) is 5.51. The van der Waals surface area contributed by atoms with Gasteiger partial charge in [-0.05, 0) is 18.2 Å². The van der Waals surface area contributed by atoms with Crippen LogP contribution in [0, 0.1) is 0 Å². The molecule has 0 aliphatic rings. The average Bonchev–Trinajstić information content (AvgIpc) is 2.34. The number of aromatic amines is 1. The number of aromatic nitrogens is 2. The number of benzene rings is 1. The van der Waals surface area contributed by atoms with Crippen LogP contribution in [0.3, 0.4) is 0 Å². The molecule has 5 nitrogen and oxygen atoms in total. The molecule has 0 atom stereocenters. The third-order valence-electron chi connectivity index (χ3n) is 2.13. The first-order valence-corrected chi connectivity index (χ1v) is 7.29. The Morgan fingerprint density at radius 2 is 2.26 bits per heavy atom. The number of nitrogens with zero attached hydrogens (tertiary/aromatic N) is 1. The van der Waals surface area contributed by atoms with Gasteiger partial charge in [-0.15, -0.1) is 0 Å². The lowest BCUT2D eigenvalue weighted by Crippen LogP contribution is -2.10. The summed E-state index contributed by atoms with van der Waals surface area (Å²) in [6.07, 6.45) is 0. The van der Waals surface area contributed by atoms with Crippen LogP contribution in [0.15, 0.2) is 44.8 Å². The number of H-pyrrole nitrogens is 1. The molecule has 0 fully saturated rings. The van der Waals surface area contributed by atoms with Crippen LogP contribution in [0.5, 0.6) is 5.75 Å². The fraction of sp³-hybridized carbons (Fsp3) is 0.167. The summed E-state index contributed by atoms with van der Waals surface area (Å²) in [5.74, 6) is 1.68. The van der Waals surface area contributed by atoms with E-state index in [1.54, 1.807) is 0 Å². The summed E-state index contributed by atoms with van der Waals surface area (Å²) in [6.45, 7) is 0.514. The molecule has 0 amide bonds. The largest absolute Gasteiger partial charge is 0.493 e. The molecular weight excluding hydrogens is 330 g/mol. The molecule has 2 aromatic rings. The lowest BCUT2D eigenvalue weighted by atomic mass is 10.3. The number of nitrogens with one attached hydrogen (secondary N) is 1. The summed E-state index contributed by atoms with van der Waals surface area (Å²) < 4.78 is 6.54. The summed E-state index contributed by atoms with van der Waals surface area (Å²) >= 11 is 4.76. The maximum absolute atomic E-state index is 11.2. The molecular formula is C12H12BrN3O2S. The molecule has 1 aromatic heterocycles. The summed E-state index contributed by atoms with van der Waals surface area (Å²) in [6, 6.07) is 8.87. The number of halogens is 1. The van der Waals surface area contributed by atoms with Crippen molar-refractivity contribution < 1.29 is 4.74 Å². The van der Waals surface area contributed by atoms with Crippen molar-refractivity contribution in [3.63, 3.8) is 0 Å². The van der Waals surface area contributed by atoms with Gasteiger partial charge in [0.15, 0.2) is 5.16 Å². The highest BCUT2D eigenvalue weighted by atomic mass is 79.9. The first kappa shape index (κ1) is 14.0. The lowest BCUT2D eigenvalue weighted by Gasteiger charge is -2.06. The van der Waals surface area contributed by atoms with Crippen LogP contribution in [0.4, 0.5) is 5.82 Å². The van der Waals surface area contributed by atoms with Crippen LogP contribution >= 0.6 is 27.7 Å². The van der Waals surface area contributed by atoms with Gasteiger partial charge >= 0.3 is 0 Å². The van der Waals surface area contributed by atoms with Crippen molar-refractivity contribution in [1.29, 1.82) is 0 Å². The second kappa shape index (κ2) is 6.63. The van der Waals surface area contributed by atoms with E-state index in [0.717, 1.165) is 10.2 Å². The molecule has 7 heteroatoms. The van der Waals surface area contributed by atoms with Gasteiger partial charge in [-0.3, -0.25) is 4.79 Å². The van der Waals surface area contributed by atoms with E-state index in [0.29, 0.717) is 17.5 Å². The maximum Gasteiger partial charge on any atom is 0.253 e. The lowest BCUT2D eigenvalue weighted by molar-refractivity contribution is 0.343. The first-order chi connectivity index (χ1) is 9.13. The number of rotatable bonds is 5. The molecule has 0 bridgehead atoms. The molecule has 0 saturated carbocycles. The fourth-order valence-electron chi connectivity index (χ4n) is 1.38. The van der Waals surface area contributed by atoms with Crippen LogP contribution in [0.1, 0.15) is 0 Å². The second-order valence-electron chi connectivity index (χ2n) is 3.63. The molecule has 0 aliphatic carbocycles. The van der Waals surface area contributed by atoms with Crippen LogP contribution in [0.25, 0.3) is 0 Å². The van der Waals surface area contributed by atoms with Gasteiger partial charge in [0.05, 0.1) is 6.61 Å². The van der Waals surface area contributed by atoms with E-state index in [1.165, 1.54) is 17.8 Å². The minimum Gasteiger partial charge on any atom is -0.493 e. The number of nitrogens with two attached hydrogens (primary N) is 1. The quantitative estimate of drug-likeness (QED) is 0.495. The zero-order valence-corrected chi connectivity index (χ0v) is 12.3. The standard InChI is InChI=1S/C12H12BrN3O2S/c13-8-2-1-3-9(6-8)18-4-5-19-12-15-10(14)7-11(17)16-12/h1-3,6-7H,4-5H2,(H3,14,15,16,17). The molecule has 0 radical (unpaired) electrons. The smallest absolute Gasteiger partial charge is 0.253 e. The van der Waals surface area contributed by atoms with Gasteiger partial charge in [0.25, 0.3) is 5.56 Å². The number of thioether (sulfide) groups is 1. The van der Waals surface area contributed by atoms with Crippen LogP contribution in [0.2, 0.25) is 0 Å². The van der Waals surface area contributed by atoms with Crippen molar-refractivity contribution in [3.05, 3.63) is 45.2 Å². The third-order valence-corrected chi connectivity index (χ3v) is 3.46. The van der Waals surface area contributed by atoms with Gasteiger partial charge in [0.2, 0.25) is 0 Å². The van der Waals surface area contributed by atoms with E-state index in [-0.39, 0.29) is 11.4 Å². The maximum atomic E-state index is 11.2. The highest BCUT2D eigenvalue weighted by molar-refractivity contribution is 9.10. The third kappa shape index (κ3) is 4.60. The fourth-order valence-corrected chi connectivity index (χ4v) is 2.46. The minimum absolute atomic E-state index is 0.221. The molecule has 3 N–H and O–H groups in total. The number of hydrogen-bond donors (Lipinski definition) is 2. The zero-order valence-electron chi connectivity index (χ0n) is 9.93. The van der Waals surface area contributed by atoms with Gasteiger partial charge in [-0.1, -0.05) is 33.8 Å².